The summed E-state index contributed by atoms with van der Waals surface area (Å²) in [7, 11) is 0.322. The molecule has 19 heavy (non-hydrogen) atoms. The minimum absolute atomic E-state index is 0.0486. The molecule has 0 radical (unpaired) electrons. The molecule has 0 aliphatic rings. The summed E-state index contributed by atoms with van der Waals surface area (Å²) in [6.07, 6.45) is 0.989. The van der Waals surface area contributed by atoms with Crippen molar-refractivity contribution in [1.82, 2.24) is 0 Å². The second-order valence-corrected chi connectivity index (χ2v) is 8.53. The highest BCUT2D eigenvalue weighted by molar-refractivity contribution is 8.13. The molecule has 0 spiro atoms. The van der Waals surface area contributed by atoms with Crippen molar-refractivity contribution in [3.05, 3.63) is 17.7 Å². The fraction of sp³-hybridized carbons (Fsp3) is 0.400. The van der Waals surface area contributed by atoms with Gasteiger partial charge in [-0.3, -0.25) is 0 Å². The van der Waals surface area contributed by atoms with Crippen molar-refractivity contribution in [3.8, 4) is 11.5 Å². The standard InChI is InChI=1S/C10H13ClO6S2/c1-16-8-4-7(6-19(11,14)15)10(17-2)9(5-8)18(3,12)13/h4-5H,6H2,1-3H3. The van der Waals surface area contributed by atoms with Crippen LogP contribution in [0, 0.1) is 0 Å². The summed E-state index contributed by atoms with van der Waals surface area (Å²) in [6.45, 7) is 0. The zero-order valence-corrected chi connectivity index (χ0v) is 12.9. The summed E-state index contributed by atoms with van der Waals surface area (Å²) in [4.78, 5) is -0.148. The summed E-state index contributed by atoms with van der Waals surface area (Å²) < 4.78 is 55.6. The van der Waals surface area contributed by atoms with Gasteiger partial charge in [0.05, 0.1) is 20.0 Å². The van der Waals surface area contributed by atoms with Gasteiger partial charge in [0.1, 0.15) is 16.4 Å². The van der Waals surface area contributed by atoms with Gasteiger partial charge < -0.3 is 9.47 Å². The molecule has 0 aliphatic carbocycles. The molecular weight excluding hydrogens is 316 g/mol. The van der Waals surface area contributed by atoms with E-state index in [2.05, 4.69) is 0 Å². The van der Waals surface area contributed by atoms with Crippen LogP contribution in [0.3, 0.4) is 0 Å². The van der Waals surface area contributed by atoms with E-state index in [1.807, 2.05) is 0 Å². The smallest absolute Gasteiger partial charge is 0.236 e. The van der Waals surface area contributed by atoms with Gasteiger partial charge in [-0.1, -0.05) is 0 Å². The first kappa shape index (κ1) is 16.1. The predicted molar refractivity (Wildman–Crippen MR) is 71.1 cm³/mol. The number of ether oxygens (including phenoxy) is 2. The summed E-state index contributed by atoms with van der Waals surface area (Å²) in [5.41, 5.74) is 0.122. The van der Waals surface area contributed by atoms with E-state index in [1.165, 1.54) is 26.4 Å². The van der Waals surface area contributed by atoms with E-state index in [4.69, 9.17) is 20.2 Å². The summed E-state index contributed by atoms with van der Waals surface area (Å²) in [5.74, 6) is -0.402. The van der Waals surface area contributed by atoms with Gasteiger partial charge in [0, 0.05) is 28.6 Å². The molecule has 0 amide bonds. The van der Waals surface area contributed by atoms with Gasteiger partial charge in [-0.05, 0) is 6.07 Å². The minimum Gasteiger partial charge on any atom is -0.497 e. The number of halogens is 1. The van der Waals surface area contributed by atoms with Crippen LogP contribution in [0.2, 0.25) is 0 Å². The first-order valence-corrected chi connectivity index (χ1v) is 9.32. The zero-order chi connectivity index (χ0) is 14.8. The van der Waals surface area contributed by atoms with Gasteiger partial charge in [0.15, 0.2) is 9.84 Å². The van der Waals surface area contributed by atoms with Crippen LogP contribution in [0.4, 0.5) is 0 Å². The number of hydrogen-bond acceptors (Lipinski definition) is 6. The Morgan fingerprint density at radius 2 is 1.68 bits per heavy atom. The molecule has 0 heterocycles. The maximum atomic E-state index is 11.7. The van der Waals surface area contributed by atoms with Crippen molar-refractivity contribution in [2.45, 2.75) is 10.6 Å². The quantitative estimate of drug-likeness (QED) is 0.754. The van der Waals surface area contributed by atoms with E-state index in [9.17, 15) is 16.8 Å². The van der Waals surface area contributed by atoms with Crippen LogP contribution in [0.15, 0.2) is 17.0 Å². The molecule has 0 atom stereocenters. The Bertz CT molecular complexity index is 678. The normalized spacial score (nSPS) is 12.2. The largest absolute Gasteiger partial charge is 0.497 e. The van der Waals surface area contributed by atoms with Crippen LogP contribution in [0.5, 0.6) is 11.5 Å². The molecule has 1 rings (SSSR count). The first-order chi connectivity index (χ1) is 8.58. The number of rotatable bonds is 5. The molecule has 0 fully saturated rings. The average molecular weight is 329 g/mol. The van der Waals surface area contributed by atoms with Crippen molar-refractivity contribution in [2.24, 2.45) is 0 Å². The summed E-state index contributed by atoms with van der Waals surface area (Å²) in [5, 5.41) is 0. The second kappa shape index (κ2) is 5.56. The molecular formula is C10H13ClO6S2. The molecule has 6 nitrogen and oxygen atoms in total. The molecule has 0 saturated heterocycles. The highest BCUT2D eigenvalue weighted by Gasteiger charge is 2.22. The van der Waals surface area contributed by atoms with Crippen molar-refractivity contribution >= 4 is 29.6 Å². The molecule has 9 heteroatoms. The van der Waals surface area contributed by atoms with E-state index < -0.39 is 24.6 Å². The molecule has 0 saturated carbocycles. The SMILES string of the molecule is COc1cc(CS(=O)(=O)Cl)c(OC)c(S(C)(=O)=O)c1. The van der Waals surface area contributed by atoms with Crippen LogP contribution >= 0.6 is 10.7 Å². The Kier molecular flexibility index (Phi) is 4.70. The molecule has 0 N–H and O–H groups in total. The van der Waals surface area contributed by atoms with Gasteiger partial charge in [-0.25, -0.2) is 16.8 Å². The Balaban J connectivity index is 3.62. The number of sulfone groups is 1. The topological polar surface area (TPSA) is 86.7 Å². The van der Waals surface area contributed by atoms with Crippen molar-refractivity contribution in [1.29, 1.82) is 0 Å². The number of methoxy groups -OCH3 is 2. The third-order valence-electron chi connectivity index (χ3n) is 2.27. The molecule has 0 aliphatic heterocycles. The van der Waals surface area contributed by atoms with Crippen LogP contribution in [0.25, 0.3) is 0 Å². The Morgan fingerprint density at radius 3 is 2.05 bits per heavy atom. The van der Waals surface area contributed by atoms with E-state index >= 15 is 0 Å². The van der Waals surface area contributed by atoms with Crippen molar-refractivity contribution in [2.75, 3.05) is 20.5 Å². The number of hydrogen-bond donors (Lipinski definition) is 0. The monoisotopic (exact) mass is 328 g/mol. The molecule has 0 aromatic heterocycles. The van der Waals surface area contributed by atoms with E-state index in [-0.39, 0.29) is 22.0 Å². The molecule has 1 aromatic carbocycles. The lowest BCUT2D eigenvalue weighted by Crippen LogP contribution is -2.06. The third kappa shape index (κ3) is 4.26. The number of benzene rings is 1. The van der Waals surface area contributed by atoms with Crippen molar-refractivity contribution in [3.63, 3.8) is 0 Å². The Morgan fingerprint density at radius 1 is 1.11 bits per heavy atom. The maximum Gasteiger partial charge on any atom is 0.236 e. The second-order valence-electron chi connectivity index (χ2n) is 3.77. The lowest BCUT2D eigenvalue weighted by molar-refractivity contribution is 0.388. The first-order valence-electron chi connectivity index (χ1n) is 4.96. The van der Waals surface area contributed by atoms with Gasteiger partial charge >= 0.3 is 0 Å². The maximum absolute atomic E-state index is 11.7. The van der Waals surface area contributed by atoms with Gasteiger partial charge in [0.2, 0.25) is 9.05 Å². The van der Waals surface area contributed by atoms with E-state index in [0.717, 1.165) is 6.26 Å². The lowest BCUT2D eigenvalue weighted by atomic mass is 10.2. The average Bonchev–Trinajstić information content (AvgIpc) is 2.24. The van der Waals surface area contributed by atoms with Crippen LogP contribution in [0.1, 0.15) is 5.56 Å². The Hall–Kier alpha value is -0.990. The van der Waals surface area contributed by atoms with Crippen molar-refractivity contribution < 1.29 is 26.3 Å². The van der Waals surface area contributed by atoms with Crippen LogP contribution < -0.4 is 9.47 Å². The Labute approximate surface area is 116 Å². The summed E-state index contributed by atoms with van der Waals surface area (Å²) in [6, 6.07) is 2.63. The third-order valence-corrected chi connectivity index (χ3v) is 4.36. The molecule has 0 unspecified atom stereocenters. The van der Waals surface area contributed by atoms with Crippen LogP contribution in [-0.2, 0) is 24.6 Å². The highest BCUT2D eigenvalue weighted by Crippen LogP contribution is 2.34. The van der Waals surface area contributed by atoms with E-state index in [1.54, 1.807) is 0 Å². The van der Waals surface area contributed by atoms with Gasteiger partial charge in [-0.15, -0.1) is 0 Å². The minimum atomic E-state index is -3.86. The highest BCUT2D eigenvalue weighted by atomic mass is 35.7. The predicted octanol–water partition coefficient (Wildman–Crippen LogP) is 1.18. The van der Waals surface area contributed by atoms with Gasteiger partial charge in [-0.2, -0.15) is 0 Å². The van der Waals surface area contributed by atoms with Gasteiger partial charge in [0.25, 0.3) is 0 Å². The zero-order valence-electron chi connectivity index (χ0n) is 10.5. The fourth-order valence-corrected chi connectivity index (χ4v) is 3.37. The molecule has 0 bridgehead atoms. The van der Waals surface area contributed by atoms with Crippen LogP contribution in [-0.4, -0.2) is 37.3 Å². The molecule has 108 valence electrons. The fourth-order valence-electron chi connectivity index (χ4n) is 1.55. The molecule has 1 aromatic rings. The summed E-state index contributed by atoms with van der Waals surface area (Å²) >= 11 is 0. The van der Waals surface area contributed by atoms with E-state index in [0.29, 0.717) is 0 Å². The lowest BCUT2D eigenvalue weighted by Gasteiger charge is -2.13.